The molecule has 6 nitrogen and oxygen atoms in total. The molecule has 1 aromatic carbocycles. The Kier molecular flexibility index (Phi) is 4.52. The van der Waals surface area contributed by atoms with Crippen LogP contribution in [0, 0.1) is 0 Å². The van der Waals surface area contributed by atoms with Crippen molar-refractivity contribution >= 4 is 5.91 Å². The van der Waals surface area contributed by atoms with E-state index >= 15 is 0 Å². The van der Waals surface area contributed by atoms with Crippen molar-refractivity contribution in [3.05, 3.63) is 66.5 Å². The van der Waals surface area contributed by atoms with Gasteiger partial charge in [-0.2, -0.15) is 5.10 Å². The van der Waals surface area contributed by atoms with E-state index in [1.54, 1.807) is 29.5 Å². The molecule has 0 bridgehead atoms. The number of hydrogen-bond acceptors (Lipinski definition) is 3. The molecular formula is C17H19N5O. The van der Waals surface area contributed by atoms with Gasteiger partial charge < -0.3 is 9.88 Å². The maximum Gasteiger partial charge on any atom is 0.269 e. The Hall–Kier alpha value is -2.89. The summed E-state index contributed by atoms with van der Waals surface area (Å²) in [5.41, 5.74) is 2.62. The van der Waals surface area contributed by atoms with E-state index in [2.05, 4.69) is 22.3 Å². The molecule has 2 heterocycles. The number of para-hydroxylation sites is 1. The standard InChI is InChI=1S/C17H19N5O/c1-2-10-22-16(7-8-20-22)17(23)19-12-14-5-3-4-6-15(14)21-11-9-18-13-21/h3-9,11,13H,2,10,12H2,1H3,(H,19,23). The number of imidazole rings is 1. The van der Waals surface area contributed by atoms with Crippen LogP contribution in [0.5, 0.6) is 0 Å². The fraction of sp³-hybridized carbons (Fsp3) is 0.235. The number of amides is 1. The predicted octanol–water partition coefficient (Wildman–Crippen LogP) is 2.41. The van der Waals surface area contributed by atoms with Gasteiger partial charge in [-0.15, -0.1) is 0 Å². The summed E-state index contributed by atoms with van der Waals surface area (Å²) in [7, 11) is 0. The highest BCUT2D eigenvalue weighted by Gasteiger charge is 2.12. The molecule has 0 fully saturated rings. The molecule has 0 aliphatic heterocycles. The lowest BCUT2D eigenvalue weighted by molar-refractivity contribution is 0.0940. The topological polar surface area (TPSA) is 64.7 Å². The van der Waals surface area contributed by atoms with Crippen LogP contribution >= 0.6 is 0 Å². The number of carbonyl (C=O) groups is 1. The average molecular weight is 309 g/mol. The number of carbonyl (C=O) groups excluding carboxylic acids is 1. The lowest BCUT2D eigenvalue weighted by atomic mass is 10.1. The van der Waals surface area contributed by atoms with Crippen LogP contribution in [0.3, 0.4) is 0 Å². The van der Waals surface area contributed by atoms with Crippen molar-refractivity contribution in [1.82, 2.24) is 24.6 Å². The summed E-state index contributed by atoms with van der Waals surface area (Å²) in [5.74, 6) is -0.114. The lowest BCUT2D eigenvalue weighted by Crippen LogP contribution is -2.26. The monoisotopic (exact) mass is 309 g/mol. The van der Waals surface area contributed by atoms with E-state index < -0.39 is 0 Å². The molecule has 118 valence electrons. The predicted molar refractivity (Wildman–Crippen MR) is 87.3 cm³/mol. The van der Waals surface area contributed by atoms with Crippen LogP contribution in [0.1, 0.15) is 29.4 Å². The van der Waals surface area contributed by atoms with Crippen LogP contribution in [0.4, 0.5) is 0 Å². The number of rotatable bonds is 6. The number of hydrogen-bond donors (Lipinski definition) is 1. The van der Waals surface area contributed by atoms with E-state index in [-0.39, 0.29) is 5.91 Å². The zero-order valence-corrected chi connectivity index (χ0v) is 13.0. The molecule has 0 radical (unpaired) electrons. The van der Waals surface area contributed by atoms with Gasteiger partial charge in [0.2, 0.25) is 0 Å². The number of benzene rings is 1. The largest absolute Gasteiger partial charge is 0.347 e. The SMILES string of the molecule is CCCn1nccc1C(=O)NCc1ccccc1-n1ccnc1. The Morgan fingerprint density at radius 3 is 2.87 bits per heavy atom. The van der Waals surface area contributed by atoms with Crippen LogP contribution in [-0.2, 0) is 13.1 Å². The molecule has 2 aromatic heterocycles. The van der Waals surface area contributed by atoms with E-state index in [1.807, 2.05) is 35.0 Å². The Bertz CT molecular complexity index is 776. The van der Waals surface area contributed by atoms with E-state index in [4.69, 9.17) is 0 Å². The summed E-state index contributed by atoms with van der Waals surface area (Å²) in [6, 6.07) is 9.68. The summed E-state index contributed by atoms with van der Waals surface area (Å²) in [5, 5.41) is 7.15. The van der Waals surface area contributed by atoms with Crippen molar-refractivity contribution < 1.29 is 4.79 Å². The molecule has 3 rings (SSSR count). The minimum Gasteiger partial charge on any atom is -0.347 e. The highest BCUT2D eigenvalue weighted by atomic mass is 16.2. The Morgan fingerprint density at radius 1 is 1.22 bits per heavy atom. The minimum atomic E-state index is -0.114. The smallest absolute Gasteiger partial charge is 0.269 e. The molecule has 0 saturated heterocycles. The quantitative estimate of drug-likeness (QED) is 0.760. The highest BCUT2D eigenvalue weighted by molar-refractivity contribution is 5.92. The molecule has 0 atom stereocenters. The van der Waals surface area contributed by atoms with Gasteiger partial charge in [-0.3, -0.25) is 9.48 Å². The molecule has 3 aromatic rings. The zero-order chi connectivity index (χ0) is 16.1. The van der Waals surface area contributed by atoms with Crippen molar-refractivity contribution in [3.8, 4) is 5.69 Å². The molecule has 1 amide bonds. The van der Waals surface area contributed by atoms with Gasteiger partial charge in [-0.05, 0) is 24.1 Å². The van der Waals surface area contributed by atoms with Crippen LogP contribution < -0.4 is 5.32 Å². The normalized spacial score (nSPS) is 10.7. The molecule has 6 heteroatoms. The maximum atomic E-state index is 12.4. The van der Waals surface area contributed by atoms with E-state index in [1.165, 1.54) is 0 Å². The van der Waals surface area contributed by atoms with Crippen LogP contribution in [0.2, 0.25) is 0 Å². The van der Waals surface area contributed by atoms with Crippen molar-refractivity contribution in [2.75, 3.05) is 0 Å². The van der Waals surface area contributed by atoms with Crippen LogP contribution in [0.15, 0.2) is 55.2 Å². The van der Waals surface area contributed by atoms with Gasteiger partial charge in [0.15, 0.2) is 0 Å². The molecule has 0 aliphatic carbocycles. The first kappa shape index (κ1) is 15.0. The molecule has 23 heavy (non-hydrogen) atoms. The number of nitrogens with one attached hydrogen (secondary N) is 1. The third-order valence-electron chi connectivity index (χ3n) is 3.60. The minimum absolute atomic E-state index is 0.114. The lowest BCUT2D eigenvalue weighted by Gasteiger charge is -2.12. The Labute approximate surface area is 134 Å². The highest BCUT2D eigenvalue weighted by Crippen LogP contribution is 2.14. The third kappa shape index (κ3) is 3.31. The van der Waals surface area contributed by atoms with Crippen molar-refractivity contribution in [2.45, 2.75) is 26.4 Å². The molecule has 1 N–H and O–H groups in total. The third-order valence-corrected chi connectivity index (χ3v) is 3.60. The zero-order valence-electron chi connectivity index (χ0n) is 13.0. The summed E-state index contributed by atoms with van der Waals surface area (Å²) < 4.78 is 3.67. The van der Waals surface area contributed by atoms with Gasteiger partial charge in [0.25, 0.3) is 5.91 Å². The van der Waals surface area contributed by atoms with Gasteiger partial charge in [-0.1, -0.05) is 25.1 Å². The number of nitrogens with zero attached hydrogens (tertiary/aromatic N) is 4. The summed E-state index contributed by atoms with van der Waals surface area (Å²) >= 11 is 0. The Balaban J connectivity index is 1.74. The molecule has 0 aliphatic rings. The Morgan fingerprint density at radius 2 is 2.09 bits per heavy atom. The summed E-state index contributed by atoms with van der Waals surface area (Å²) in [4.78, 5) is 16.5. The van der Waals surface area contributed by atoms with Gasteiger partial charge in [0.1, 0.15) is 5.69 Å². The first-order valence-electron chi connectivity index (χ1n) is 7.66. The molecule has 0 unspecified atom stereocenters. The van der Waals surface area contributed by atoms with Crippen LogP contribution in [0.25, 0.3) is 5.69 Å². The van der Waals surface area contributed by atoms with Crippen LogP contribution in [-0.4, -0.2) is 25.2 Å². The van der Waals surface area contributed by atoms with Gasteiger partial charge in [0, 0.05) is 31.7 Å². The number of aryl methyl sites for hydroxylation is 1. The number of aromatic nitrogens is 4. The molecule has 0 spiro atoms. The average Bonchev–Trinajstić information content (AvgIpc) is 3.25. The second-order valence-corrected chi connectivity index (χ2v) is 5.22. The second kappa shape index (κ2) is 6.91. The van der Waals surface area contributed by atoms with Gasteiger partial charge in [0.05, 0.1) is 12.0 Å². The molecule has 0 saturated carbocycles. The maximum absolute atomic E-state index is 12.4. The first-order valence-corrected chi connectivity index (χ1v) is 7.66. The van der Waals surface area contributed by atoms with Gasteiger partial charge in [-0.25, -0.2) is 4.98 Å². The summed E-state index contributed by atoms with van der Waals surface area (Å²) in [6.45, 7) is 3.25. The van der Waals surface area contributed by atoms with Crippen molar-refractivity contribution in [3.63, 3.8) is 0 Å². The summed E-state index contributed by atoms with van der Waals surface area (Å²) in [6.07, 6.45) is 7.96. The second-order valence-electron chi connectivity index (χ2n) is 5.22. The van der Waals surface area contributed by atoms with E-state index in [9.17, 15) is 4.79 Å². The fourth-order valence-electron chi connectivity index (χ4n) is 2.50. The molecular weight excluding hydrogens is 290 g/mol. The first-order chi connectivity index (χ1) is 11.3. The van der Waals surface area contributed by atoms with E-state index in [0.717, 1.165) is 24.2 Å². The van der Waals surface area contributed by atoms with Crippen molar-refractivity contribution in [2.24, 2.45) is 0 Å². The van der Waals surface area contributed by atoms with E-state index in [0.29, 0.717) is 12.2 Å². The van der Waals surface area contributed by atoms with Gasteiger partial charge >= 0.3 is 0 Å². The van der Waals surface area contributed by atoms with Crippen molar-refractivity contribution in [1.29, 1.82) is 0 Å². The fourth-order valence-corrected chi connectivity index (χ4v) is 2.50.